The standard InChI is InChI=1S/C15H20BrClN2O2/c1-21-8-7-19(10-12-3-2-6-18-12)15(20)11-4-5-14(17)13(16)9-11/h4-5,9,12,18H,2-3,6-8,10H2,1H3. The lowest BCUT2D eigenvalue weighted by Crippen LogP contribution is -2.42. The fraction of sp³-hybridized carbons (Fsp3) is 0.533. The first kappa shape index (κ1) is 16.7. The minimum absolute atomic E-state index is 0.0121. The number of hydrogen-bond donors (Lipinski definition) is 1. The third kappa shape index (κ3) is 4.68. The van der Waals surface area contributed by atoms with E-state index in [1.165, 1.54) is 6.42 Å². The van der Waals surface area contributed by atoms with Gasteiger partial charge in [0.2, 0.25) is 0 Å². The van der Waals surface area contributed by atoms with Crippen molar-refractivity contribution in [1.82, 2.24) is 10.2 Å². The van der Waals surface area contributed by atoms with Crippen molar-refractivity contribution in [3.05, 3.63) is 33.3 Å². The van der Waals surface area contributed by atoms with Crippen LogP contribution in [0.25, 0.3) is 0 Å². The van der Waals surface area contributed by atoms with Gasteiger partial charge in [-0.05, 0) is 53.5 Å². The van der Waals surface area contributed by atoms with Gasteiger partial charge in [-0.25, -0.2) is 0 Å². The van der Waals surface area contributed by atoms with Crippen LogP contribution in [0.1, 0.15) is 23.2 Å². The van der Waals surface area contributed by atoms with Gasteiger partial charge < -0.3 is 15.0 Å². The summed E-state index contributed by atoms with van der Waals surface area (Å²) in [6, 6.07) is 5.65. The Kier molecular flexibility index (Phi) is 6.48. The van der Waals surface area contributed by atoms with Crippen LogP contribution in [0.2, 0.25) is 5.02 Å². The molecule has 1 unspecified atom stereocenters. The van der Waals surface area contributed by atoms with Crippen molar-refractivity contribution in [2.24, 2.45) is 0 Å². The minimum Gasteiger partial charge on any atom is -0.383 e. The van der Waals surface area contributed by atoms with Crippen LogP contribution < -0.4 is 5.32 Å². The number of carbonyl (C=O) groups is 1. The second-order valence-electron chi connectivity index (χ2n) is 5.17. The van der Waals surface area contributed by atoms with Crippen LogP contribution in [0.15, 0.2) is 22.7 Å². The van der Waals surface area contributed by atoms with Crippen molar-refractivity contribution in [2.45, 2.75) is 18.9 Å². The molecular formula is C15H20BrClN2O2. The highest BCUT2D eigenvalue weighted by Crippen LogP contribution is 2.24. The van der Waals surface area contributed by atoms with Crippen molar-refractivity contribution >= 4 is 33.4 Å². The smallest absolute Gasteiger partial charge is 0.254 e. The molecule has 21 heavy (non-hydrogen) atoms. The van der Waals surface area contributed by atoms with E-state index >= 15 is 0 Å². The summed E-state index contributed by atoms with van der Waals surface area (Å²) in [5, 5.41) is 4.03. The SMILES string of the molecule is COCCN(CC1CCCN1)C(=O)c1ccc(Cl)c(Br)c1. The highest BCUT2D eigenvalue weighted by atomic mass is 79.9. The fourth-order valence-electron chi connectivity index (χ4n) is 2.47. The van der Waals surface area contributed by atoms with Gasteiger partial charge in [0, 0.05) is 36.3 Å². The minimum atomic E-state index is 0.0121. The first-order valence-corrected chi connectivity index (χ1v) is 8.25. The molecule has 2 rings (SSSR count). The number of rotatable bonds is 6. The maximum atomic E-state index is 12.7. The molecule has 116 valence electrons. The zero-order chi connectivity index (χ0) is 15.2. The van der Waals surface area contributed by atoms with Crippen molar-refractivity contribution in [3.8, 4) is 0 Å². The van der Waals surface area contributed by atoms with Gasteiger partial charge in [-0.1, -0.05) is 11.6 Å². The van der Waals surface area contributed by atoms with Gasteiger partial charge in [0.15, 0.2) is 0 Å². The van der Waals surface area contributed by atoms with Crippen LogP contribution in [0.5, 0.6) is 0 Å². The zero-order valence-corrected chi connectivity index (χ0v) is 14.4. The average Bonchev–Trinajstić information content (AvgIpc) is 2.98. The molecule has 6 heteroatoms. The Morgan fingerprint density at radius 2 is 2.38 bits per heavy atom. The lowest BCUT2D eigenvalue weighted by Gasteiger charge is -2.26. The van der Waals surface area contributed by atoms with Crippen LogP contribution >= 0.6 is 27.5 Å². The van der Waals surface area contributed by atoms with Gasteiger partial charge in [0.05, 0.1) is 11.6 Å². The molecule has 1 aliphatic heterocycles. The third-order valence-corrected chi connectivity index (χ3v) is 4.84. The Morgan fingerprint density at radius 1 is 1.57 bits per heavy atom. The van der Waals surface area contributed by atoms with Crippen molar-refractivity contribution < 1.29 is 9.53 Å². The molecular weight excluding hydrogens is 356 g/mol. The van der Waals surface area contributed by atoms with E-state index in [1.807, 2.05) is 4.90 Å². The molecule has 0 aromatic heterocycles. The second kappa shape index (κ2) is 8.13. The summed E-state index contributed by atoms with van der Waals surface area (Å²) in [6.45, 7) is 2.87. The topological polar surface area (TPSA) is 41.6 Å². The molecule has 0 radical (unpaired) electrons. The molecule has 1 aromatic rings. The highest BCUT2D eigenvalue weighted by molar-refractivity contribution is 9.10. The summed E-state index contributed by atoms with van der Waals surface area (Å²) in [6.07, 6.45) is 2.28. The number of carbonyl (C=O) groups excluding carboxylic acids is 1. The summed E-state index contributed by atoms with van der Waals surface area (Å²) in [5.41, 5.74) is 0.639. The first-order chi connectivity index (χ1) is 10.1. The number of benzene rings is 1. The molecule has 1 saturated heterocycles. The largest absolute Gasteiger partial charge is 0.383 e. The lowest BCUT2D eigenvalue weighted by molar-refractivity contribution is 0.0679. The van der Waals surface area contributed by atoms with E-state index in [-0.39, 0.29) is 5.91 Å². The van der Waals surface area contributed by atoms with Gasteiger partial charge in [0.1, 0.15) is 0 Å². The molecule has 0 bridgehead atoms. The van der Waals surface area contributed by atoms with E-state index in [0.717, 1.165) is 17.4 Å². The molecule has 1 N–H and O–H groups in total. The summed E-state index contributed by atoms with van der Waals surface area (Å²) in [7, 11) is 1.65. The molecule has 1 fully saturated rings. The van der Waals surface area contributed by atoms with E-state index in [1.54, 1.807) is 25.3 Å². The molecule has 1 aliphatic rings. The molecule has 1 amide bonds. The van der Waals surface area contributed by atoms with E-state index in [0.29, 0.717) is 36.3 Å². The third-order valence-electron chi connectivity index (χ3n) is 3.62. The van der Waals surface area contributed by atoms with E-state index < -0.39 is 0 Å². The highest BCUT2D eigenvalue weighted by Gasteiger charge is 2.22. The van der Waals surface area contributed by atoms with E-state index in [2.05, 4.69) is 21.2 Å². The van der Waals surface area contributed by atoms with Crippen LogP contribution in [0.3, 0.4) is 0 Å². The Hall–Kier alpha value is -0.620. The second-order valence-corrected chi connectivity index (χ2v) is 6.43. The quantitative estimate of drug-likeness (QED) is 0.831. The average molecular weight is 376 g/mol. The fourth-order valence-corrected chi connectivity index (χ4v) is 2.96. The van der Waals surface area contributed by atoms with Crippen LogP contribution in [-0.4, -0.2) is 50.2 Å². The molecule has 4 nitrogen and oxygen atoms in total. The predicted octanol–water partition coefficient (Wildman–Crippen LogP) is 2.94. The molecule has 1 atom stereocenters. The maximum absolute atomic E-state index is 12.7. The van der Waals surface area contributed by atoms with Gasteiger partial charge in [-0.2, -0.15) is 0 Å². The molecule has 0 spiro atoms. The first-order valence-electron chi connectivity index (χ1n) is 7.08. The van der Waals surface area contributed by atoms with Crippen LogP contribution in [0, 0.1) is 0 Å². The molecule has 0 aliphatic carbocycles. The van der Waals surface area contributed by atoms with Gasteiger partial charge in [-0.3, -0.25) is 4.79 Å². The van der Waals surface area contributed by atoms with E-state index in [4.69, 9.17) is 16.3 Å². The van der Waals surface area contributed by atoms with Gasteiger partial charge in [0.25, 0.3) is 5.91 Å². The number of methoxy groups -OCH3 is 1. The monoisotopic (exact) mass is 374 g/mol. The summed E-state index contributed by atoms with van der Waals surface area (Å²) in [5.74, 6) is 0.0121. The van der Waals surface area contributed by atoms with Crippen LogP contribution in [0.4, 0.5) is 0 Å². The molecule has 1 aromatic carbocycles. The van der Waals surface area contributed by atoms with Crippen molar-refractivity contribution in [2.75, 3.05) is 33.4 Å². The normalized spacial score (nSPS) is 18.0. The molecule has 1 heterocycles. The Morgan fingerprint density at radius 3 is 3.00 bits per heavy atom. The zero-order valence-electron chi connectivity index (χ0n) is 12.1. The number of nitrogens with zero attached hydrogens (tertiary/aromatic N) is 1. The Balaban J connectivity index is 2.09. The van der Waals surface area contributed by atoms with Crippen LogP contribution in [-0.2, 0) is 4.74 Å². The number of ether oxygens (including phenoxy) is 1. The number of hydrogen-bond acceptors (Lipinski definition) is 3. The number of halogens is 2. The summed E-state index contributed by atoms with van der Waals surface area (Å²) >= 11 is 9.35. The maximum Gasteiger partial charge on any atom is 0.254 e. The number of nitrogens with one attached hydrogen (secondary N) is 1. The predicted molar refractivity (Wildman–Crippen MR) is 88.0 cm³/mol. The van der Waals surface area contributed by atoms with Crippen molar-refractivity contribution in [3.63, 3.8) is 0 Å². The van der Waals surface area contributed by atoms with Gasteiger partial charge in [-0.15, -0.1) is 0 Å². The lowest BCUT2D eigenvalue weighted by atomic mass is 10.1. The van der Waals surface area contributed by atoms with Crippen molar-refractivity contribution in [1.29, 1.82) is 0 Å². The van der Waals surface area contributed by atoms with Gasteiger partial charge >= 0.3 is 0 Å². The Bertz CT molecular complexity index is 493. The van der Waals surface area contributed by atoms with E-state index in [9.17, 15) is 4.79 Å². The Labute approximate surface area is 138 Å². The number of amides is 1. The summed E-state index contributed by atoms with van der Waals surface area (Å²) in [4.78, 5) is 14.5. The summed E-state index contributed by atoms with van der Waals surface area (Å²) < 4.78 is 5.86. The molecule has 0 saturated carbocycles.